The van der Waals surface area contributed by atoms with Crippen LogP contribution in [0.1, 0.15) is 39.4 Å². The van der Waals surface area contributed by atoms with Crippen molar-refractivity contribution in [3.63, 3.8) is 0 Å². The average molecular weight is 426 g/mol. The van der Waals surface area contributed by atoms with E-state index in [0.29, 0.717) is 5.56 Å². The van der Waals surface area contributed by atoms with Crippen LogP contribution in [-0.4, -0.2) is 9.97 Å². The molecule has 0 amide bonds. The lowest BCUT2D eigenvalue weighted by atomic mass is 9.59. The van der Waals surface area contributed by atoms with Gasteiger partial charge in [-0.15, -0.1) is 0 Å². The van der Waals surface area contributed by atoms with Crippen molar-refractivity contribution in [1.82, 2.24) is 9.97 Å². The summed E-state index contributed by atoms with van der Waals surface area (Å²) in [6.07, 6.45) is 3.71. The molecule has 1 atom stereocenters. The van der Waals surface area contributed by atoms with E-state index in [-0.39, 0.29) is 5.92 Å². The molecule has 0 aliphatic carbocycles. The summed E-state index contributed by atoms with van der Waals surface area (Å²) >= 11 is 0. The van der Waals surface area contributed by atoms with E-state index < -0.39 is 5.41 Å². The molecule has 0 aliphatic heterocycles. The molecule has 0 saturated carbocycles. The van der Waals surface area contributed by atoms with Crippen LogP contribution in [0.4, 0.5) is 0 Å². The van der Waals surface area contributed by atoms with Gasteiger partial charge in [0.05, 0.1) is 29.1 Å². The fraction of sp³-hybridized carbons (Fsp3) is 0.0667. The van der Waals surface area contributed by atoms with Crippen LogP contribution in [0.15, 0.2) is 128 Å². The van der Waals surface area contributed by atoms with Gasteiger partial charge in [-0.2, -0.15) is 5.26 Å². The smallest absolute Gasteiger partial charge is 0.0991 e. The van der Waals surface area contributed by atoms with Gasteiger partial charge in [-0.1, -0.05) is 103 Å². The van der Waals surface area contributed by atoms with Crippen LogP contribution in [0.3, 0.4) is 0 Å². The number of rotatable bonds is 6. The van der Waals surface area contributed by atoms with Crippen molar-refractivity contribution in [2.24, 2.45) is 0 Å². The normalized spacial score (nSPS) is 12.1. The monoisotopic (exact) mass is 425 g/mol. The summed E-state index contributed by atoms with van der Waals surface area (Å²) in [5, 5.41) is 9.38. The number of hydrogen-bond donors (Lipinski definition) is 1. The molecule has 0 radical (unpaired) electrons. The molecule has 33 heavy (non-hydrogen) atoms. The predicted octanol–water partition coefficient (Wildman–Crippen LogP) is 6.45. The van der Waals surface area contributed by atoms with Gasteiger partial charge in [0.25, 0.3) is 0 Å². The molecule has 5 rings (SSSR count). The Morgan fingerprint density at radius 2 is 1.15 bits per heavy atom. The lowest BCUT2D eigenvalue weighted by Crippen LogP contribution is -2.37. The molecule has 0 saturated heterocycles. The topological polar surface area (TPSA) is 52.5 Å². The van der Waals surface area contributed by atoms with Gasteiger partial charge < -0.3 is 4.98 Å². The number of H-pyrrole nitrogens is 1. The molecular weight excluding hydrogens is 402 g/mol. The largest absolute Gasteiger partial charge is 0.351 e. The minimum Gasteiger partial charge on any atom is -0.351 e. The first-order valence-electron chi connectivity index (χ1n) is 11.0. The maximum absolute atomic E-state index is 9.38. The second-order valence-electron chi connectivity index (χ2n) is 8.07. The average Bonchev–Trinajstić information content (AvgIpc) is 3.43. The van der Waals surface area contributed by atoms with Crippen molar-refractivity contribution in [1.29, 1.82) is 5.26 Å². The third-order valence-electron chi connectivity index (χ3n) is 6.31. The molecule has 1 heterocycles. The van der Waals surface area contributed by atoms with E-state index in [1.165, 1.54) is 16.7 Å². The molecule has 0 bridgehead atoms. The quantitative estimate of drug-likeness (QED) is 0.318. The fourth-order valence-electron chi connectivity index (χ4n) is 4.93. The number of aromatic amines is 1. The Bertz CT molecular complexity index is 1240. The second kappa shape index (κ2) is 8.98. The van der Waals surface area contributed by atoms with Crippen LogP contribution >= 0.6 is 0 Å². The molecule has 4 aromatic carbocycles. The first-order chi connectivity index (χ1) is 16.3. The molecule has 1 unspecified atom stereocenters. The summed E-state index contributed by atoms with van der Waals surface area (Å²) in [4.78, 5) is 7.92. The highest BCUT2D eigenvalue weighted by atomic mass is 14.9. The number of nitriles is 1. The summed E-state index contributed by atoms with van der Waals surface area (Å²) in [5.41, 5.74) is 5.67. The minimum atomic E-state index is -0.548. The van der Waals surface area contributed by atoms with Gasteiger partial charge in [-0.05, 0) is 34.4 Å². The summed E-state index contributed by atoms with van der Waals surface area (Å²) in [6, 6.07) is 42.0. The maximum Gasteiger partial charge on any atom is 0.0991 e. The number of hydrogen-bond acceptors (Lipinski definition) is 2. The molecule has 5 aromatic rings. The summed E-state index contributed by atoms with van der Waals surface area (Å²) in [5.74, 6) is -0.135. The molecule has 3 nitrogen and oxygen atoms in total. The van der Waals surface area contributed by atoms with E-state index in [2.05, 4.69) is 114 Å². The van der Waals surface area contributed by atoms with Crippen LogP contribution < -0.4 is 0 Å². The van der Waals surface area contributed by atoms with Crippen molar-refractivity contribution in [3.05, 3.63) is 161 Å². The SMILES string of the molecule is N#Cc1ccc(C(c2c[nH]cn2)C(c2ccccc2)(c2ccccc2)c2ccccc2)cc1. The number of nitrogens with zero attached hydrogens (tertiary/aromatic N) is 2. The van der Waals surface area contributed by atoms with Crippen molar-refractivity contribution in [3.8, 4) is 6.07 Å². The van der Waals surface area contributed by atoms with Crippen molar-refractivity contribution in [2.45, 2.75) is 11.3 Å². The molecule has 0 spiro atoms. The molecular formula is C30H23N3. The second-order valence-corrected chi connectivity index (χ2v) is 8.07. The highest BCUT2D eigenvalue weighted by Crippen LogP contribution is 2.52. The van der Waals surface area contributed by atoms with E-state index in [0.717, 1.165) is 11.3 Å². The number of nitrogens with one attached hydrogen (secondary N) is 1. The highest BCUT2D eigenvalue weighted by Gasteiger charge is 2.46. The third kappa shape index (κ3) is 3.62. The zero-order chi connectivity index (χ0) is 22.5. The Morgan fingerprint density at radius 3 is 1.55 bits per heavy atom. The van der Waals surface area contributed by atoms with Crippen LogP contribution in [0.2, 0.25) is 0 Å². The number of aromatic nitrogens is 2. The van der Waals surface area contributed by atoms with Gasteiger partial charge in [-0.3, -0.25) is 0 Å². The first-order valence-corrected chi connectivity index (χ1v) is 11.0. The van der Waals surface area contributed by atoms with Crippen LogP contribution in [-0.2, 0) is 5.41 Å². The molecule has 0 fully saturated rings. The Hall–Kier alpha value is -4.42. The molecule has 0 aliphatic rings. The third-order valence-corrected chi connectivity index (χ3v) is 6.31. The molecule has 1 aromatic heterocycles. The highest BCUT2D eigenvalue weighted by molar-refractivity contribution is 5.57. The predicted molar refractivity (Wildman–Crippen MR) is 131 cm³/mol. The summed E-state index contributed by atoms with van der Waals surface area (Å²) in [7, 11) is 0. The lowest BCUT2D eigenvalue weighted by Gasteiger charge is -2.42. The van der Waals surface area contributed by atoms with Crippen molar-refractivity contribution in [2.75, 3.05) is 0 Å². The fourth-order valence-corrected chi connectivity index (χ4v) is 4.93. The Balaban J connectivity index is 1.91. The Kier molecular flexibility index (Phi) is 5.57. The maximum atomic E-state index is 9.38. The van der Waals surface area contributed by atoms with Crippen LogP contribution in [0, 0.1) is 11.3 Å². The zero-order valence-electron chi connectivity index (χ0n) is 18.1. The van der Waals surface area contributed by atoms with Gasteiger partial charge in [0, 0.05) is 12.1 Å². The number of imidazole rings is 1. The van der Waals surface area contributed by atoms with E-state index in [1.807, 2.05) is 18.3 Å². The van der Waals surface area contributed by atoms with Gasteiger partial charge in [0.2, 0.25) is 0 Å². The zero-order valence-corrected chi connectivity index (χ0v) is 18.1. The summed E-state index contributed by atoms with van der Waals surface area (Å²) in [6.45, 7) is 0. The Morgan fingerprint density at radius 1 is 0.667 bits per heavy atom. The lowest BCUT2D eigenvalue weighted by molar-refractivity contribution is 0.529. The molecule has 158 valence electrons. The minimum absolute atomic E-state index is 0.135. The van der Waals surface area contributed by atoms with Gasteiger partial charge in [0.15, 0.2) is 0 Å². The van der Waals surface area contributed by atoms with Gasteiger partial charge in [0.1, 0.15) is 0 Å². The Labute approximate surface area is 194 Å². The van der Waals surface area contributed by atoms with E-state index in [9.17, 15) is 5.26 Å². The van der Waals surface area contributed by atoms with Gasteiger partial charge >= 0.3 is 0 Å². The van der Waals surface area contributed by atoms with Crippen LogP contribution in [0.25, 0.3) is 0 Å². The van der Waals surface area contributed by atoms with Gasteiger partial charge in [-0.25, -0.2) is 4.98 Å². The van der Waals surface area contributed by atoms with E-state index in [4.69, 9.17) is 4.98 Å². The van der Waals surface area contributed by atoms with E-state index >= 15 is 0 Å². The van der Waals surface area contributed by atoms with Crippen LogP contribution in [0.5, 0.6) is 0 Å². The van der Waals surface area contributed by atoms with E-state index in [1.54, 1.807) is 6.33 Å². The number of benzene rings is 4. The first kappa shape index (κ1) is 20.5. The molecule has 1 N–H and O–H groups in total. The van der Waals surface area contributed by atoms with Crippen molar-refractivity contribution >= 4 is 0 Å². The molecule has 3 heteroatoms. The van der Waals surface area contributed by atoms with Crippen molar-refractivity contribution < 1.29 is 0 Å². The standard InChI is InChI=1S/C30H23N3/c31-20-23-16-18-24(19-17-23)29(28-21-32-22-33-28)30(25-10-4-1-5-11-25,26-12-6-2-7-13-26)27-14-8-3-9-15-27/h1-19,21-22,29H,(H,32,33). The summed E-state index contributed by atoms with van der Waals surface area (Å²) < 4.78 is 0.